The molecule has 0 bridgehead atoms. The molecule has 1 aromatic rings. The van der Waals surface area contributed by atoms with E-state index in [-0.39, 0.29) is 24.0 Å². The van der Waals surface area contributed by atoms with Crippen LogP contribution in [0.5, 0.6) is 0 Å². The average molecular weight is 350 g/mol. The Labute approximate surface area is 123 Å². The second kappa shape index (κ2) is 6.33. The maximum atomic E-state index is 12.1. The number of halogens is 1. The van der Waals surface area contributed by atoms with E-state index in [1.54, 1.807) is 5.51 Å². The summed E-state index contributed by atoms with van der Waals surface area (Å²) < 4.78 is 5.43. The molecular weight excluding hydrogens is 334 g/mol. The highest BCUT2D eigenvalue weighted by Crippen LogP contribution is 2.23. The molecule has 1 heterocycles. The van der Waals surface area contributed by atoms with E-state index in [1.807, 2.05) is 20.8 Å². The number of carbonyl (C=O) groups excluding carboxylic acids is 2. The molecule has 8 heteroatoms. The summed E-state index contributed by atoms with van der Waals surface area (Å²) in [6, 6.07) is -0.360. The molecule has 1 aromatic heterocycles. The van der Waals surface area contributed by atoms with Crippen molar-refractivity contribution >= 4 is 39.3 Å². The zero-order valence-electron chi connectivity index (χ0n) is 10.9. The molecule has 0 spiro atoms. The second-order valence-electron chi connectivity index (χ2n) is 5.00. The zero-order chi connectivity index (χ0) is 14.6. The van der Waals surface area contributed by atoms with Crippen molar-refractivity contribution in [3.8, 4) is 0 Å². The first-order chi connectivity index (χ1) is 8.71. The molecule has 106 valence electrons. The monoisotopic (exact) mass is 349 g/mol. The summed E-state index contributed by atoms with van der Waals surface area (Å²) in [6.07, 6.45) is -0.863. The van der Waals surface area contributed by atoms with Crippen molar-refractivity contribution in [3.63, 3.8) is 0 Å². The fraction of sp³-hybridized carbons (Fsp3) is 0.545. The molecule has 0 saturated carbocycles. The van der Waals surface area contributed by atoms with Gasteiger partial charge in [-0.1, -0.05) is 20.8 Å². The van der Waals surface area contributed by atoms with Gasteiger partial charge in [0.15, 0.2) is 5.69 Å². The highest BCUT2D eigenvalue weighted by atomic mass is 79.9. The third kappa shape index (κ3) is 4.79. The van der Waals surface area contributed by atoms with Crippen molar-refractivity contribution in [3.05, 3.63) is 15.0 Å². The number of primary amides is 1. The molecule has 0 aliphatic heterocycles. The van der Waals surface area contributed by atoms with Crippen LogP contribution >= 0.6 is 27.3 Å². The van der Waals surface area contributed by atoms with Crippen molar-refractivity contribution in [1.29, 1.82) is 0 Å². The van der Waals surface area contributed by atoms with Gasteiger partial charge in [0.1, 0.15) is 10.4 Å². The van der Waals surface area contributed by atoms with Crippen molar-refractivity contribution in [2.45, 2.75) is 26.8 Å². The lowest BCUT2D eigenvalue weighted by molar-refractivity contribution is 0.0799. The number of hydrogen-bond acceptors (Lipinski definition) is 5. The highest BCUT2D eigenvalue weighted by molar-refractivity contribution is 9.11. The van der Waals surface area contributed by atoms with Crippen LogP contribution in [0.3, 0.4) is 0 Å². The number of carbonyl (C=O) groups is 2. The lowest BCUT2D eigenvalue weighted by atomic mass is 9.87. The Hall–Kier alpha value is -1.15. The average Bonchev–Trinajstić information content (AvgIpc) is 2.68. The summed E-state index contributed by atoms with van der Waals surface area (Å²) in [6.45, 7) is 5.81. The molecule has 1 unspecified atom stereocenters. The standard InChI is InChI=1S/C11H16BrN3O3S/c1-11(2,3)6(4-18-10(13)17)15-9(16)7-8(12)19-5-14-7/h5-6H,4H2,1-3H3,(H2,13,17)(H,15,16). The fourth-order valence-electron chi connectivity index (χ4n) is 1.28. The topological polar surface area (TPSA) is 94.3 Å². The van der Waals surface area contributed by atoms with E-state index in [9.17, 15) is 9.59 Å². The van der Waals surface area contributed by atoms with Crippen LogP contribution in [0, 0.1) is 5.41 Å². The fourth-order valence-corrected chi connectivity index (χ4v) is 2.32. The number of amides is 2. The molecule has 0 aliphatic carbocycles. The predicted octanol–water partition coefficient (Wildman–Crippen LogP) is 2.15. The number of nitrogens with one attached hydrogen (secondary N) is 1. The third-order valence-electron chi connectivity index (χ3n) is 2.48. The van der Waals surface area contributed by atoms with Gasteiger partial charge in [-0.2, -0.15) is 0 Å². The van der Waals surface area contributed by atoms with Gasteiger partial charge in [0, 0.05) is 0 Å². The summed E-state index contributed by atoms with van der Waals surface area (Å²) >= 11 is 4.58. The van der Waals surface area contributed by atoms with Crippen LogP contribution in [0.2, 0.25) is 0 Å². The molecule has 2 amide bonds. The molecule has 0 saturated heterocycles. The lowest BCUT2D eigenvalue weighted by Crippen LogP contribution is -2.47. The van der Waals surface area contributed by atoms with Crippen LogP contribution in [-0.2, 0) is 4.74 Å². The SMILES string of the molecule is CC(C)(C)C(COC(N)=O)NC(=O)c1ncsc1Br. The smallest absolute Gasteiger partial charge is 0.404 e. The van der Waals surface area contributed by atoms with E-state index in [1.165, 1.54) is 11.3 Å². The van der Waals surface area contributed by atoms with Crippen molar-refractivity contribution < 1.29 is 14.3 Å². The lowest BCUT2D eigenvalue weighted by Gasteiger charge is -2.30. The molecule has 1 rings (SSSR count). The summed E-state index contributed by atoms with van der Waals surface area (Å²) in [7, 11) is 0. The minimum atomic E-state index is -0.863. The molecular formula is C11H16BrN3O3S. The van der Waals surface area contributed by atoms with E-state index >= 15 is 0 Å². The Bertz CT molecular complexity index is 470. The summed E-state index contributed by atoms with van der Waals surface area (Å²) in [5.41, 5.74) is 6.55. The number of nitrogens with zero attached hydrogens (tertiary/aromatic N) is 1. The van der Waals surface area contributed by atoms with E-state index in [0.717, 1.165) is 0 Å². The van der Waals surface area contributed by atoms with Crippen LogP contribution in [0.4, 0.5) is 4.79 Å². The number of ether oxygens (including phenoxy) is 1. The minimum Gasteiger partial charge on any atom is -0.448 e. The van der Waals surface area contributed by atoms with E-state index in [4.69, 9.17) is 10.5 Å². The van der Waals surface area contributed by atoms with Crippen LogP contribution in [-0.4, -0.2) is 29.6 Å². The van der Waals surface area contributed by atoms with E-state index in [2.05, 4.69) is 26.2 Å². The molecule has 6 nitrogen and oxygen atoms in total. The number of nitrogens with two attached hydrogens (primary N) is 1. The number of hydrogen-bond donors (Lipinski definition) is 2. The van der Waals surface area contributed by atoms with E-state index in [0.29, 0.717) is 9.48 Å². The Morgan fingerprint density at radius 3 is 2.63 bits per heavy atom. The van der Waals surface area contributed by atoms with Gasteiger partial charge in [0.05, 0.1) is 11.6 Å². The molecule has 0 fully saturated rings. The van der Waals surface area contributed by atoms with Gasteiger partial charge < -0.3 is 15.8 Å². The normalized spacial score (nSPS) is 12.8. The maximum absolute atomic E-state index is 12.1. The van der Waals surface area contributed by atoms with Crippen LogP contribution in [0.25, 0.3) is 0 Å². The quantitative estimate of drug-likeness (QED) is 0.870. The molecule has 0 aliphatic rings. The number of aromatic nitrogens is 1. The molecule has 0 aromatic carbocycles. The van der Waals surface area contributed by atoms with Gasteiger partial charge in [-0.05, 0) is 21.3 Å². The van der Waals surface area contributed by atoms with Gasteiger partial charge in [0.25, 0.3) is 5.91 Å². The first kappa shape index (κ1) is 15.9. The Balaban J connectivity index is 2.75. The van der Waals surface area contributed by atoms with Gasteiger partial charge in [-0.25, -0.2) is 9.78 Å². The van der Waals surface area contributed by atoms with Gasteiger partial charge in [0.2, 0.25) is 0 Å². The van der Waals surface area contributed by atoms with Crippen LogP contribution < -0.4 is 11.1 Å². The second-order valence-corrected chi connectivity index (χ2v) is 7.17. The first-order valence-corrected chi connectivity index (χ1v) is 7.21. The van der Waals surface area contributed by atoms with Crippen molar-refractivity contribution in [2.24, 2.45) is 11.1 Å². The highest BCUT2D eigenvalue weighted by Gasteiger charge is 2.29. The molecule has 0 radical (unpaired) electrons. The Morgan fingerprint density at radius 1 is 1.58 bits per heavy atom. The zero-order valence-corrected chi connectivity index (χ0v) is 13.3. The van der Waals surface area contributed by atoms with Gasteiger partial charge in [-0.3, -0.25) is 4.79 Å². The summed E-state index contributed by atoms with van der Waals surface area (Å²) in [5.74, 6) is -0.318. The van der Waals surface area contributed by atoms with Gasteiger partial charge in [-0.15, -0.1) is 11.3 Å². The molecule has 19 heavy (non-hydrogen) atoms. The minimum absolute atomic E-state index is 0.0202. The molecule has 3 N–H and O–H groups in total. The predicted molar refractivity (Wildman–Crippen MR) is 76.1 cm³/mol. The maximum Gasteiger partial charge on any atom is 0.404 e. The van der Waals surface area contributed by atoms with Crippen molar-refractivity contribution in [2.75, 3.05) is 6.61 Å². The van der Waals surface area contributed by atoms with E-state index < -0.39 is 6.09 Å². The molecule has 1 atom stereocenters. The van der Waals surface area contributed by atoms with Gasteiger partial charge >= 0.3 is 6.09 Å². The first-order valence-electron chi connectivity index (χ1n) is 5.54. The van der Waals surface area contributed by atoms with Crippen molar-refractivity contribution in [1.82, 2.24) is 10.3 Å². The summed E-state index contributed by atoms with van der Waals surface area (Å²) in [5, 5.41) is 2.80. The Morgan fingerprint density at radius 2 is 2.21 bits per heavy atom. The summed E-state index contributed by atoms with van der Waals surface area (Å²) in [4.78, 5) is 26.7. The van der Waals surface area contributed by atoms with Crippen LogP contribution in [0.15, 0.2) is 9.30 Å². The Kier molecular flexibility index (Phi) is 5.30. The number of rotatable bonds is 4. The third-order valence-corrected chi connectivity index (χ3v) is 4.03. The van der Waals surface area contributed by atoms with Crippen LogP contribution in [0.1, 0.15) is 31.3 Å². The largest absolute Gasteiger partial charge is 0.448 e. The number of thiazole rings is 1.